The third-order valence-electron chi connectivity index (χ3n) is 15.4. The Kier molecular flexibility index (Phi) is 21.9. The van der Waals surface area contributed by atoms with E-state index in [9.17, 15) is 66.9 Å². The van der Waals surface area contributed by atoms with Gasteiger partial charge in [0.1, 0.15) is 59.7 Å². The Labute approximate surface area is 503 Å². The van der Waals surface area contributed by atoms with E-state index in [0.717, 1.165) is 0 Å². The number of nitrogens with two attached hydrogens (primary N) is 1. The Bertz CT molecular complexity index is 3460. The maximum absolute atomic E-state index is 14.9. The van der Waals surface area contributed by atoms with Crippen LogP contribution in [0.4, 0.5) is 8.78 Å². The van der Waals surface area contributed by atoms with Crippen LogP contribution in [0.5, 0.6) is 5.75 Å². The van der Waals surface area contributed by atoms with Gasteiger partial charge < -0.3 is 72.8 Å². The molecule has 2 aliphatic heterocycles. The van der Waals surface area contributed by atoms with Gasteiger partial charge in [-0.25, -0.2) is 13.8 Å². The van der Waals surface area contributed by atoms with E-state index in [1.54, 1.807) is 18.2 Å². The average Bonchev–Trinajstić information content (AvgIpc) is 3.69. The molecule has 27 heteroatoms. The van der Waals surface area contributed by atoms with Gasteiger partial charge in [0, 0.05) is 87.5 Å². The number of aromatic nitrogens is 3. The first kappa shape index (κ1) is 64.2. The molecule has 3 aliphatic rings. The van der Waals surface area contributed by atoms with E-state index in [4.69, 9.17) is 10.5 Å². The lowest BCUT2D eigenvalue weighted by Gasteiger charge is -2.30. The van der Waals surface area contributed by atoms with Gasteiger partial charge in [0.05, 0.1) is 25.5 Å². The number of benzene rings is 3. The van der Waals surface area contributed by atoms with Crippen molar-refractivity contribution in [1.29, 1.82) is 0 Å². The summed E-state index contributed by atoms with van der Waals surface area (Å²) in [5.74, 6) is -10.7. The zero-order valence-electron chi connectivity index (χ0n) is 48.1. The molecule has 0 saturated carbocycles. The molecule has 0 spiro atoms. The minimum absolute atomic E-state index is 0.00311. The summed E-state index contributed by atoms with van der Waals surface area (Å²) in [5.41, 5.74) is 8.89. The van der Waals surface area contributed by atoms with E-state index >= 15 is 0 Å². The fraction of sp³-hybridized carbons (Fsp3) is 0.393. The predicted molar refractivity (Wildman–Crippen MR) is 313 cm³/mol. The minimum atomic E-state index is -1.99. The molecule has 1 fully saturated rings. The average molecular weight is 1220 g/mol. The Morgan fingerprint density at radius 3 is 2.16 bits per heavy atom. The summed E-state index contributed by atoms with van der Waals surface area (Å²) in [4.78, 5) is 150. The fourth-order valence-corrected chi connectivity index (χ4v) is 10.9. The normalized spacial score (nSPS) is 23.8. The molecule has 8 rings (SSSR count). The number of fused-ring (bicyclic) bond motifs is 4. The van der Waals surface area contributed by atoms with E-state index < -0.39 is 126 Å². The number of phenolic OH excluding ortho intramolecular Hbond substituents is 1. The zero-order chi connectivity index (χ0) is 63.0. The van der Waals surface area contributed by atoms with Crippen molar-refractivity contribution in [1.82, 2.24) is 57.1 Å². The number of nitrogens with one attached hydrogen (secondary N) is 9. The molecule has 466 valence electrons. The van der Waals surface area contributed by atoms with Gasteiger partial charge in [0.25, 0.3) is 0 Å². The molecule has 0 radical (unpaired) electrons. The second kappa shape index (κ2) is 30.0. The van der Waals surface area contributed by atoms with Gasteiger partial charge in [0.2, 0.25) is 53.2 Å². The molecule has 1 saturated heterocycles. The molecule has 3 aromatic carbocycles. The standard InChI is InChI=1S/C61H70F2N12O13/c1-33(76)69-46-7-5-3-2-4-6-20-88-42-27-52(55(64)81)75(31-42)61(87)51(21-34-8-15-41(77)16-9-34)74-59(85)49(26-40-30-65-32-68-40)72-60(86)50(28-54(79)80)73-58(84)48(22-36-11-10-35-12-13-38(62)24-43(35)36)71-57(83)47(70-53(78)18-19-66-56(46)82)23-37-29-67-45-17-14-39(63)25-44(37)45/h4,6,8-9,11-17,24-25,29-30,32,42,46-52,67,77H,2-3,5,7,10,18-23,26-28,31H2,1H3,(H2,64,81)(H,65,68)(H,66,82)(H,69,76)(H,70,78)(H,71,83)(H,72,86)(H,73,84)(H,74,85)(H,79,80)/b6-4+/t42-,46+,47-,48-,49-,50-,51-,52-/m0/s1. The third kappa shape index (κ3) is 17.7. The number of carbonyl (C=O) groups excluding carboxylic acids is 9. The molecular formula is C61H70F2N12O13. The van der Waals surface area contributed by atoms with Gasteiger partial charge in [-0.15, -0.1) is 0 Å². The van der Waals surface area contributed by atoms with Crippen molar-refractivity contribution < 1.29 is 71.7 Å². The number of hydrogen-bond donors (Lipinski definition) is 12. The number of aromatic hydroxyl groups is 1. The number of nitrogens with zero attached hydrogens (tertiary/aromatic N) is 2. The topological polar surface area (TPSA) is 378 Å². The SMILES string of the molecule is CC(=O)N[C@@H]1CCCC/C=C/CO[C@H]2C[C@@H](C(N)=O)N(C2)C(=O)[C@H](Cc2ccc(O)cc2)NC(=O)[C@H](Cc2cnc[nH]2)NC(=O)[C@H](CC(=O)O)NC(=O)[C@H](CC2=CCc3ccc(F)cc32)NC(=O)[C@H](Cc2c[nH]c3ccc(F)cc23)NC(=O)CCNC1=O. The van der Waals surface area contributed by atoms with Crippen molar-refractivity contribution in [3.63, 3.8) is 0 Å². The number of primary amides is 1. The summed E-state index contributed by atoms with van der Waals surface area (Å²) in [6, 6.07) is 3.17. The number of allylic oxidation sites excluding steroid dienone is 2. The molecule has 2 bridgehead atoms. The van der Waals surface area contributed by atoms with E-state index in [-0.39, 0.29) is 76.1 Å². The number of aliphatic carboxylic acids is 1. The highest BCUT2D eigenvalue weighted by molar-refractivity contribution is 5.99. The number of phenols is 1. The molecule has 1 aliphatic carbocycles. The van der Waals surface area contributed by atoms with Crippen molar-refractivity contribution in [3.05, 3.63) is 137 Å². The van der Waals surface area contributed by atoms with Gasteiger partial charge in [-0.05, 0) is 96.0 Å². The van der Waals surface area contributed by atoms with Crippen LogP contribution in [0.3, 0.4) is 0 Å². The molecule has 25 nitrogen and oxygen atoms in total. The van der Waals surface area contributed by atoms with Crippen LogP contribution in [0.25, 0.3) is 16.5 Å². The maximum Gasteiger partial charge on any atom is 0.305 e. The summed E-state index contributed by atoms with van der Waals surface area (Å²) in [6.45, 7) is 0.940. The van der Waals surface area contributed by atoms with Crippen LogP contribution in [-0.2, 0) is 78.4 Å². The van der Waals surface area contributed by atoms with Crippen molar-refractivity contribution in [3.8, 4) is 5.75 Å². The first-order chi connectivity index (χ1) is 42.2. The molecule has 8 atom stereocenters. The Balaban J connectivity index is 1.14. The summed E-state index contributed by atoms with van der Waals surface area (Å²) in [7, 11) is 0. The van der Waals surface area contributed by atoms with Crippen LogP contribution < -0.4 is 43.0 Å². The molecule has 9 amide bonds. The lowest BCUT2D eigenvalue weighted by atomic mass is 9.97. The van der Waals surface area contributed by atoms with Gasteiger partial charge in [-0.1, -0.05) is 42.8 Å². The van der Waals surface area contributed by atoms with Gasteiger partial charge >= 0.3 is 5.97 Å². The van der Waals surface area contributed by atoms with Crippen molar-refractivity contribution in [2.75, 3.05) is 19.7 Å². The van der Waals surface area contributed by atoms with Crippen LogP contribution in [0.1, 0.15) is 86.2 Å². The number of carbonyl (C=O) groups is 10. The Morgan fingerprint density at radius 2 is 1.45 bits per heavy atom. The third-order valence-corrected chi connectivity index (χ3v) is 15.4. The zero-order valence-corrected chi connectivity index (χ0v) is 48.1. The predicted octanol–water partition coefficient (Wildman–Crippen LogP) is 1.44. The number of imidazole rings is 1. The largest absolute Gasteiger partial charge is 0.508 e. The molecule has 4 heterocycles. The number of halogens is 2. The van der Waals surface area contributed by atoms with Gasteiger partial charge in [-0.2, -0.15) is 0 Å². The summed E-state index contributed by atoms with van der Waals surface area (Å²) < 4.78 is 35.6. The first-order valence-electron chi connectivity index (χ1n) is 28.8. The minimum Gasteiger partial charge on any atom is -0.508 e. The Morgan fingerprint density at radius 1 is 0.773 bits per heavy atom. The fourth-order valence-electron chi connectivity index (χ4n) is 10.9. The maximum atomic E-state index is 14.9. The molecular weight excluding hydrogens is 1150 g/mol. The van der Waals surface area contributed by atoms with E-state index in [1.807, 2.05) is 6.08 Å². The second-order valence-electron chi connectivity index (χ2n) is 21.9. The highest BCUT2D eigenvalue weighted by Crippen LogP contribution is 2.32. The van der Waals surface area contributed by atoms with E-state index in [1.165, 1.54) is 85.1 Å². The first-order valence-corrected chi connectivity index (χ1v) is 28.8. The van der Waals surface area contributed by atoms with Crippen molar-refractivity contribution >= 4 is 75.6 Å². The number of H-pyrrole nitrogens is 2. The lowest BCUT2D eigenvalue weighted by Crippen LogP contribution is -2.60. The molecule has 0 unspecified atom stereocenters. The van der Waals surface area contributed by atoms with Gasteiger partial charge in [0.15, 0.2) is 0 Å². The van der Waals surface area contributed by atoms with Crippen LogP contribution in [0.15, 0.2) is 97.6 Å². The molecule has 2 aromatic heterocycles. The van der Waals surface area contributed by atoms with Crippen molar-refractivity contribution in [2.45, 2.75) is 132 Å². The number of amides is 9. The number of rotatable bonds is 12. The summed E-state index contributed by atoms with van der Waals surface area (Å²) >= 11 is 0. The van der Waals surface area contributed by atoms with Crippen LogP contribution in [-0.4, -0.2) is 157 Å². The van der Waals surface area contributed by atoms with E-state index in [0.29, 0.717) is 64.4 Å². The molecule has 88 heavy (non-hydrogen) atoms. The van der Waals surface area contributed by atoms with Crippen LogP contribution in [0, 0.1) is 11.6 Å². The molecule has 5 aromatic rings. The number of ether oxygens (including phenoxy) is 1. The number of aromatic amines is 2. The Hall–Kier alpha value is -9.79. The van der Waals surface area contributed by atoms with Crippen molar-refractivity contribution in [2.24, 2.45) is 5.73 Å². The smallest absolute Gasteiger partial charge is 0.305 e. The summed E-state index contributed by atoms with van der Waals surface area (Å²) in [6.07, 6.45) is 8.15. The monoisotopic (exact) mass is 1220 g/mol. The van der Waals surface area contributed by atoms with Gasteiger partial charge in [-0.3, -0.25) is 47.9 Å². The second-order valence-corrected chi connectivity index (χ2v) is 21.9. The highest BCUT2D eigenvalue weighted by atomic mass is 19.1. The van der Waals surface area contributed by atoms with Crippen LogP contribution in [0.2, 0.25) is 0 Å². The van der Waals surface area contributed by atoms with E-state index in [2.05, 4.69) is 52.2 Å². The van der Waals surface area contributed by atoms with Crippen LogP contribution >= 0.6 is 0 Å². The number of carboxylic acids is 1. The number of hydrogen-bond acceptors (Lipinski definition) is 13. The quantitative estimate of drug-likeness (QED) is 0.0787. The number of carboxylic acid groups (broad SMARTS) is 1. The highest BCUT2D eigenvalue weighted by Gasteiger charge is 2.43. The lowest BCUT2D eigenvalue weighted by molar-refractivity contribution is -0.142. The molecule has 13 N–H and O–H groups in total. The summed E-state index contributed by atoms with van der Waals surface area (Å²) in [5, 5.41) is 38.9.